The third-order valence-electron chi connectivity index (χ3n) is 6.78. The summed E-state index contributed by atoms with van der Waals surface area (Å²) in [5.41, 5.74) is 0. The molecule has 7 fully saturated rings. The first-order valence-corrected chi connectivity index (χ1v) is 7.27. The molecule has 0 heterocycles. The smallest absolute Gasteiger partial charge is 0.000374 e. The van der Waals surface area contributed by atoms with E-state index in [0.717, 1.165) is 47.3 Å². The van der Waals surface area contributed by atoms with Crippen LogP contribution in [0.2, 0.25) is 0 Å². The van der Waals surface area contributed by atoms with Gasteiger partial charge in [0.05, 0.1) is 0 Å². The second-order valence-electron chi connectivity index (χ2n) is 6.99. The molecule has 8 bridgehead atoms. The highest BCUT2D eigenvalue weighted by molar-refractivity contribution is 7.80. The van der Waals surface area contributed by atoms with Gasteiger partial charge in [0.15, 0.2) is 0 Å². The maximum Gasteiger partial charge on any atom is -0.000374 e. The first-order chi connectivity index (χ1) is 7.33. The van der Waals surface area contributed by atoms with Gasteiger partial charge in [0.1, 0.15) is 0 Å². The molecule has 0 aromatic rings. The van der Waals surface area contributed by atoms with Crippen LogP contribution in [-0.4, -0.2) is 4.86 Å². The lowest BCUT2D eigenvalue weighted by molar-refractivity contribution is -0.154. The van der Waals surface area contributed by atoms with Crippen molar-refractivity contribution in [2.45, 2.75) is 32.1 Å². The Hall–Kier alpha value is 0.0900. The van der Waals surface area contributed by atoms with Gasteiger partial charge in [-0.1, -0.05) is 12.2 Å². The Bertz CT molecular complexity index is 336. The average molecular weight is 218 g/mol. The van der Waals surface area contributed by atoms with E-state index in [9.17, 15) is 0 Å². The van der Waals surface area contributed by atoms with Gasteiger partial charge < -0.3 is 0 Å². The topological polar surface area (TPSA) is 0 Å². The Morgan fingerprint density at radius 3 is 1.93 bits per heavy atom. The number of thiocarbonyl (C=S) groups is 1. The highest BCUT2D eigenvalue weighted by atomic mass is 32.1. The van der Waals surface area contributed by atoms with Crippen LogP contribution in [0, 0.1) is 47.3 Å². The molecule has 4 unspecified atom stereocenters. The molecule has 0 nitrogen and oxygen atoms in total. The van der Waals surface area contributed by atoms with Gasteiger partial charge in [-0.3, -0.25) is 0 Å². The summed E-state index contributed by atoms with van der Waals surface area (Å²) in [5, 5.41) is 0. The van der Waals surface area contributed by atoms with Gasteiger partial charge in [-0.05, 0) is 84.3 Å². The van der Waals surface area contributed by atoms with Crippen LogP contribution in [0.4, 0.5) is 0 Å². The Morgan fingerprint density at radius 1 is 0.733 bits per heavy atom. The van der Waals surface area contributed by atoms with E-state index in [1.807, 2.05) is 0 Å². The highest BCUT2D eigenvalue weighted by Crippen LogP contribution is 2.70. The molecule has 0 amide bonds. The van der Waals surface area contributed by atoms with E-state index in [0.29, 0.717) is 0 Å². The minimum atomic E-state index is 0.887. The quantitative estimate of drug-likeness (QED) is 0.562. The molecule has 0 aromatic heterocycles. The van der Waals surface area contributed by atoms with Crippen LogP contribution in [-0.2, 0) is 0 Å². The van der Waals surface area contributed by atoms with Gasteiger partial charge in [-0.25, -0.2) is 0 Å². The second-order valence-corrected chi connectivity index (χ2v) is 7.46. The fourth-order valence-corrected chi connectivity index (χ4v) is 7.16. The Morgan fingerprint density at radius 2 is 1.27 bits per heavy atom. The zero-order chi connectivity index (χ0) is 9.73. The van der Waals surface area contributed by atoms with Crippen LogP contribution in [0.5, 0.6) is 0 Å². The SMILES string of the molecule is S=C1C2CC3C4CC5CC3C1C(C5)C4C2. The first kappa shape index (κ1) is 8.22. The van der Waals surface area contributed by atoms with Gasteiger partial charge in [0, 0.05) is 0 Å². The van der Waals surface area contributed by atoms with E-state index in [-0.39, 0.29) is 0 Å². The summed E-state index contributed by atoms with van der Waals surface area (Å²) in [5.74, 6) is 8.46. The molecule has 0 aliphatic heterocycles. The molecule has 15 heavy (non-hydrogen) atoms. The normalized spacial score (nSPS) is 68.1. The van der Waals surface area contributed by atoms with Crippen LogP contribution >= 0.6 is 12.2 Å². The van der Waals surface area contributed by atoms with E-state index in [1.165, 1.54) is 17.7 Å². The molecule has 0 saturated heterocycles. The van der Waals surface area contributed by atoms with E-state index < -0.39 is 0 Å². The molecule has 7 aliphatic rings. The van der Waals surface area contributed by atoms with E-state index >= 15 is 0 Å². The van der Waals surface area contributed by atoms with Gasteiger partial charge in [-0.15, -0.1) is 0 Å². The predicted octanol–water partition coefficient (Wildman–Crippen LogP) is 3.30. The average Bonchev–Trinajstić information content (AvgIpc) is 2.26. The molecule has 7 rings (SSSR count). The lowest BCUT2D eigenvalue weighted by Gasteiger charge is -2.69. The third-order valence-corrected chi connectivity index (χ3v) is 7.39. The molecule has 0 spiro atoms. The molecule has 0 aromatic carbocycles. The Kier molecular flexibility index (Phi) is 1.28. The maximum absolute atomic E-state index is 5.78. The summed E-state index contributed by atoms with van der Waals surface area (Å²) in [6.45, 7) is 0. The van der Waals surface area contributed by atoms with Crippen molar-refractivity contribution in [3.05, 3.63) is 0 Å². The molecule has 0 radical (unpaired) electrons. The van der Waals surface area contributed by atoms with Crippen LogP contribution in [0.15, 0.2) is 0 Å². The monoisotopic (exact) mass is 218 g/mol. The summed E-state index contributed by atoms with van der Waals surface area (Å²) in [7, 11) is 0. The molecule has 7 saturated carbocycles. The summed E-state index contributed by atoms with van der Waals surface area (Å²) in [4.78, 5) is 1.54. The van der Waals surface area contributed by atoms with E-state index in [2.05, 4.69) is 0 Å². The Balaban J connectivity index is 1.72. The minimum Gasteiger partial charge on any atom is -0.0891 e. The van der Waals surface area contributed by atoms with Gasteiger partial charge >= 0.3 is 0 Å². The lowest BCUT2D eigenvalue weighted by atomic mass is 9.36. The van der Waals surface area contributed by atoms with Crippen molar-refractivity contribution in [3.63, 3.8) is 0 Å². The maximum atomic E-state index is 5.78. The third kappa shape index (κ3) is 0.759. The van der Waals surface area contributed by atoms with Gasteiger partial charge in [0.25, 0.3) is 0 Å². The van der Waals surface area contributed by atoms with Gasteiger partial charge in [-0.2, -0.15) is 0 Å². The predicted molar refractivity (Wildman–Crippen MR) is 63.6 cm³/mol. The minimum absolute atomic E-state index is 0.887. The second kappa shape index (κ2) is 2.34. The van der Waals surface area contributed by atoms with Crippen LogP contribution in [0.1, 0.15) is 32.1 Å². The standard InChI is InChI=1S/C14H18S/c15-14-7-4-9-8-1-6-2-11(9)13(14)12(3-6)10(8)5-7/h6-13H,1-5H2. The fraction of sp³-hybridized carbons (Fsp3) is 0.929. The van der Waals surface area contributed by atoms with Crippen molar-refractivity contribution in [1.82, 2.24) is 0 Å². The van der Waals surface area contributed by atoms with Crippen molar-refractivity contribution < 1.29 is 0 Å². The largest absolute Gasteiger partial charge is 0.0891 e. The van der Waals surface area contributed by atoms with Crippen molar-refractivity contribution in [3.8, 4) is 0 Å². The van der Waals surface area contributed by atoms with E-state index in [4.69, 9.17) is 12.2 Å². The molecule has 0 N–H and O–H groups in total. The number of hydrogen-bond acceptors (Lipinski definition) is 1. The molecule has 1 heteroatoms. The summed E-state index contributed by atoms with van der Waals surface area (Å²) >= 11 is 5.78. The molecule has 4 atom stereocenters. The van der Waals surface area contributed by atoms with E-state index in [1.54, 1.807) is 19.3 Å². The summed E-state index contributed by atoms with van der Waals surface area (Å²) in [6, 6.07) is 0. The molecule has 7 aliphatic carbocycles. The van der Waals surface area contributed by atoms with Crippen molar-refractivity contribution in [1.29, 1.82) is 0 Å². The molecule has 80 valence electrons. The lowest BCUT2D eigenvalue weighted by Crippen LogP contribution is -2.65. The fourth-order valence-electron chi connectivity index (χ4n) is 6.62. The highest BCUT2D eigenvalue weighted by Gasteiger charge is 2.65. The Labute approximate surface area is 96.8 Å². The van der Waals surface area contributed by atoms with Crippen molar-refractivity contribution >= 4 is 17.1 Å². The molecular formula is C14H18S. The number of rotatable bonds is 0. The van der Waals surface area contributed by atoms with Crippen LogP contribution in [0.3, 0.4) is 0 Å². The van der Waals surface area contributed by atoms with Crippen LogP contribution in [0.25, 0.3) is 0 Å². The zero-order valence-corrected chi connectivity index (χ0v) is 9.88. The summed E-state index contributed by atoms with van der Waals surface area (Å²) < 4.78 is 0. The first-order valence-electron chi connectivity index (χ1n) is 6.86. The molecular weight excluding hydrogens is 200 g/mol. The van der Waals surface area contributed by atoms with Crippen molar-refractivity contribution in [2.24, 2.45) is 47.3 Å². The van der Waals surface area contributed by atoms with Crippen molar-refractivity contribution in [2.75, 3.05) is 0 Å². The zero-order valence-electron chi connectivity index (χ0n) is 9.06. The number of hydrogen-bond donors (Lipinski definition) is 0. The summed E-state index contributed by atoms with van der Waals surface area (Å²) in [6.07, 6.45) is 7.72. The van der Waals surface area contributed by atoms with Gasteiger partial charge in [0.2, 0.25) is 0 Å². The van der Waals surface area contributed by atoms with Crippen LogP contribution < -0.4 is 0 Å².